The van der Waals surface area contributed by atoms with E-state index in [0.717, 1.165) is 16.7 Å². The van der Waals surface area contributed by atoms with E-state index in [2.05, 4.69) is 15.3 Å². The number of aromatic nitrogens is 2. The van der Waals surface area contributed by atoms with Crippen LogP contribution in [-0.2, 0) is 16.4 Å². The summed E-state index contributed by atoms with van der Waals surface area (Å²) >= 11 is 1.61. The second-order valence-corrected chi connectivity index (χ2v) is 8.79. The van der Waals surface area contributed by atoms with Gasteiger partial charge in [0.15, 0.2) is 21.4 Å². The third-order valence-corrected chi connectivity index (χ3v) is 5.70. The van der Waals surface area contributed by atoms with Gasteiger partial charge < -0.3 is 5.32 Å². The van der Waals surface area contributed by atoms with E-state index in [0.29, 0.717) is 18.1 Å². The van der Waals surface area contributed by atoms with Crippen LogP contribution in [0.4, 0.5) is 5.82 Å². The fraction of sp³-hybridized carbons (Fsp3) is 0.167. The number of thiophene rings is 1. The van der Waals surface area contributed by atoms with Gasteiger partial charge in [-0.1, -0.05) is 18.2 Å². The summed E-state index contributed by atoms with van der Waals surface area (Å²) < 4.78 is 23.2. The van der Waals surface area contributed by atoms with Crippen molar-refractivity contribution in [3.8, 4) is 11.3 Å². The van der Waals surface area contributed by atoms with Gasteiger partial charge in [-0.2, -0.15) is 0 Å². The van der Waals surface area contributed by atoms with Crippen molar-refractivity contribution >= 4 is 32.8 Å². The van der Waals surface area contributed by atoms with E-state index in [1.165, 1.54) is 25.3 Å². The van der Waals surface area contributed by atoms with Crippen LogP contribution in [0.3, 0.4) is 0 Å². The number of carbonyl (C=O) groups excluding carboxylic acids is 1. The average Bonchev–Trinajstić information content (AvgIpc) is 3.12. The van der Waals surface area contributed by atoms with Gasteiger partial charge in [-0.05, 0) is 23.6 Å². The molecule has 2 heterocycles. The zero-order valence-electron chi connectivity index (χ0n) is 14.3. The number of nitrogens with zero attached hydrogens (tertiary/aromatic N) is 2. The molecule has 0 spiro atoms. The summed E-state index contributed by atoms with van der Waals surface area (Å²) in [6, 6.07) is 10.4. The number of anilines is 1. The molecule has 6 nitrogen and oxygen atoms in total. The molecule has 3 aromatic rings. The highest BCUT2D eigenvalue weighted by atomic mass is 32.2. The standard InChI is InChI=1S/C18H17N3O3S2/c1-12(22)17-18(20-10-14-4-3-9-25-14)21-16(11-19-17)13-5-7-15(8-6-13)26(2,23)24/h3-9,11H,10H2,1-2H3,(H,20,21). The van der Waals surface area contributed by atoms with Crippen LogP contribution in [-0.4, -0.2) is 30.4 Å². The van der Waals surface area contributed by atoms with Crippen molar-refractivity contribution in [1.29, 1.82) is 0 Å². The van der Waals surface area contributed by atoms with Gasteiger partial charge in [-0.25, -0.2) is 18.4 Å². The lowest BCUT2D eigenvalue weighted by Crippen LogP contribution is -2.09. The highest BCUT2D eigenvalue weighted by molar-refractivity contribution is 7.90. The topological polar surface area (TPSA) is 89.0 Å². The van der Waals surface area contributed by atoms with E-state index < -0.39 is 9.84 Å². The summed E-state index contributed by atoms with van der Waals surface area (Å²) in [6.45, 7) is 1.99. The molecule has 0 atom stereocenters. The van der Waals surface area contributed by atoms with E-state index >= 15 is 0 Å². The first-order valence-electron chi connectivity index (χ1n) is 7.79. The van der Waals surface area contributed by atoms with E-state index in [-0.39, 0.29) is 16.4 Å². The number of hydrogen-bond donors (Lipinski definition) is 1. The van der Waals surface area contributed by atoms with Crippen molar-refractivity contribution in [2.24, 2.45) is 0 Å². The molecule has 26 heavy (non-hydrogen) atoms. The van der Waals surface area contributed by atoms with Crippen LogP contribution < -0.4 is 5.32 Å². The van der Waals surface area contributed by atoms with Crippen LogP contribution in [0.5, 0.6) is 0 Å². The highest BCUT2D eigenvalue weighted by Gasteiger charge is 2.14. The van der Waals surface area contributed by atoms with Crippen LogP contribution in [0.1, 0.15) is 22.3 Å². The fourth-order valence-electron chi connectivity index (χ4n) is 2.37. The minimum atomic E-state index is -3.25. The Labute approximate surface area is 155 Å². The van der Waals surface area contributed by atoms with Gasteiger partial charge in [-0.3, -0.25) is 4.79 Å². The molecule has 0 aliphatic carbocycles. The number of nitrogens with one attached hydrogen (secondary N) is 1. The van der Waals surface area contributed by atoms with Crippen LogP contribution in [0.25, 0.3) is 11.3 Å². The Bertz CT molecular complexity index is 1030. The zero-order valence-corrected chi connectivity index (χ0v) is 15.9. The fourth-order valence-corrected chi connectivity index (χ4v) is 3.64. The number of Topliss-reactive ketones (excluding diaryl/α,β-unsaturated/α-hetero) is 1. The van der Waals surface area contributed by atoms with Crippen LogP contribution in [0.15, 0.2) is 52.9 Å². The normalized spacial score (nSPS) is 11.3. The molecular formula is C18H17N3O3S2. The largest absolute Gasteiger partial charge is 0.363 e. The van der Waals surface area contributed by atoms with Gasteiger partial charge in [-0.15, -0.1) is 11.3 Å². The molecule has 0 bridgehead atoms. The highest BCUT2D eigenvalue weighted by Crippen LogP contribution is 2.23. The molecule has 8 heteroatoms. The predicted octanol–water partition coefficient (Wildman–Crippen LogP) is 3.42. The monoisotopic (exact) mass is 387 g/mol. The Morgan fingerprint density at radius 1 is 1.19 bits per heavy atom. The number of benzene rings is 1. The first-order chi connectivity index (χ1) is 12.3. The summed E-state index contributed by atoms with van der Waals surface area (Å²) in [5.41, 5.74) is 1.56. The lowest BCUT2D eigenvalue weighted by atomic mass is 10.1. The van der Waals surface area contributed by atoms with Crippen molar-refractivity contribution in [3.63, 3.8) is 0 Å². The van der Waals surface area contributed by atoms with E-state index in [4.69, 9.17) is 0 Å². The van der Waals surface area contributed by atoms with Crippen molar-refractivity contribution in [3.05, 3.63) is 58.5 Å². The second kappa shape index (κ2) is 7.35. The summed E-state index contributed by atoms with van der Waals surface area (Å²) in [6.07, 6.45) is 2.68. The van der Waals surface area contributed by atoms with Gasteiger partial charge in [0.25, 0.3) is 0 Å². The predicted molar refractivity (Wildman–Crippen MR) is 102 cm³/mol. The van der Waals surface area contributed by atoms with E-state index in [9.17, 15) is 13.2 Å². The molecule has 0 unspecified atom stereocenters. The third kappa shape index (κ3) is 4.14. The lowest BCUT2D eigenvalue weighted by Gasteiger charge is -2.10. The Kier molecular flexibility index (Phi) is 5.15. The summed E-state index contributed by atoms with van der Waals surface area (Å²) in [4.78, 5) is 21.9. The van der Waals surface area contributed by atoms with Crippen molar-refractivity contribution in [2.45, 2.75) is 18.4 Å². The summed E-state index contributed by atoms with van der Waals surface area (Å²) in [7, 11) is -3.25. The number of sulfone groups is 1. The second-order valence-electron chi connectivity index (χ2n) is 5.74. The first kappa shape index (κ1) is 18.2. The maximum atomic E-state index is 11.8. The van der Waals surface area contributed by atoms with E-state index in [1.54, 1.807) is 23.5 Å². The quantitative estimate of drug-likeness (QED) is 0.652. The Morgan fingerprint density at radius 2 is 1.92 bits per heavy atom. The van der Waals surface area contributed by atoms with Crippen molar-refractivity contribution in [1.82, 2.24) is 9.97 Å². The van der Waals surface area contributed by atoms with Crippen molar-refractivity contribution in [2.75, 3.05) is 11.6 Å². The zero-order chi connectivity index (χ0) is 18.7. The molecule has 0 fully saturated rings. The van der Waals surface area contributed by atoms with Gasteiger partial charge in [0.2, 0.25) is 0 Å². The minimum absolute atomic E-state index is 0.176. The van der Waals surface area contributed by atoms with Gasteiger partial charge in [0.1, 0.15) is 5.69 Å². The number of ketones is 1. The minimum Gasteiger partial charge on any atom is -0.363 e. The van der Waals surface area contributed by atoms with Crippen LogP contribution >= 0.6 is 11.3 Å². The van der Waals surface area contributed by atoms with Crippen LogP contribution in [0.2, 0.25) is 0 Å². The Balaban J connectivity index is 1.92. The maximum Gasteiger partial charge on any atom is 0.181 e. The number of hydrogen-bond acceptors (Lipinski definition) is 7. The Hall–Kier alpha value is -2.58. The van der Waals surface area contributed by atoms with Gasteiger partial charge in [0, 0.05) is 23.6 Å². The molecule has 3 rings (SSSR count). The SMILES string of the molecule is CC(=O)c1ncc(-c2ccc(S(C)(=O)=O)cc2)nc1NCc1cccs1. The summed E-state index contributed by atoms with van der Waals surface area (Å²) in [5, 5.41) is 5.14. The molecule has 1 N–H and O–H groups in total. The van der Waals surface area contributed by atoms with Crippen molar-refractivity contribution < 1.29 is 13.2 Å². The van der Waals surface area contributed by atoms with Crippen LogP contribution in [0, 0.1) is 0 Å². The molecule has 0 aliphatic rings. The van der Waals surface area contributed by atoms with Gasteiger partial charge >= 0.3 is 0 Å². The van der Waals surface area contributed by atoms with E-state index in [1.807, 2.05) is 17.5 Å². The molecular weight excluding hydrogens is 370 g/mol. The molecule has 0 radical (unpaired) electrons. The molecule has 134 valence electrons. The molecule has 0 saturated carbocycles. The molecule has 0 saturated heterocycles. The average molecular weight is 387 g/mol. The smallest absolute Gasteiger partial charge is 0.181 e. The number of rotatable bonds is 6. The molecule has 0 amide bonds. The number of carbonyl (C=O) groups is 1. The first-order valence-corrected chi connectivity index (χ1v) is 10.6. The van der Waals surface area contributed by atoms with Gasteiger partial charge in [0.05, 0.1) is 23.3 Å². The lowest BCUT2D eigenvalue weighted by molar-refractivity contribution is 0.101. The molecule has 2 aromatic heterocycles. The molecule has 1 aromatic carbocycles. The Morgan fingerprint density at radius 3 is 2.50 bits per heavy atom. The summed E-state index contributed by atoms with van der Waals surface area (Å²) in [5.74, 6) is 0.237. The maximum absolute atomic E-state index is 11.8. The third-order valence-electron chi connectivity index (χ3n) is 3.69. The molecule has 0 aliphatic heterocycles.